The molecule has 4 heteroatoms. The average Bonchev–Trinajstić information content (AvgIpc) is 2.21. The molecule has 0 saturated carbocycles. The van der Waals surface area contributed by atoms with Gasteiger partial charge in [0.25, 0.3) is 0 Å². The third kappa shape index (κ3) is 4.60. The maximum absolute atomic E-state index is 4.33. The Hall–Kier alpha value is -0.640. The molecule has 0 aliphatic carbocycles. The number of aromatic nitrogens is 1. The molecule has 15 heavy (non-hydrogen) atoms. The van der Waals surface area contributed by atoms with Crippen LogP contribution in [0.5, 0.6) is 0 Å². The molecule has 0 radical (unpaired) electrons. The summed E-state index contributed by atoms with van der Waals surface area (Å²) in [5.41, 5.74) is 1.21. The summed E-state index contributed by atoms with van der Waals surface area (Å²) in [6.45, 7) is 1.18. The highest BCUT2D eigenvalue weighted by atomic mass is 35.5. The van der Waals surface area contributed by atoms with E-state index in [1.54, 1.807) is 0 Å². The fourth-order valence-corrected chi connectivity index (χ4v) is 1.87. The summed E-state index contributed by atoms with van der Waals surface area (Å²) >= 11 is 0. The largest absolute Gasteiger partial charge is 0.412 e. The Kier molecular flexibility index (Phi) is 7.30. The number of rotatable bonds is 2. The summed E-state index contributed by atoms with van der Waals surface area (Å²) in [5, 5.41) is 3.53. The Bertz CT molecular complexity index is 250. The van der Waals surface area contributed by atoms with Gasteiger partial charge in [0.1, 0.15) is 0 Å². The monoisotopic (exact) mass is 230 g/mol. The van der Waals surface area contributed by atoms with Gasteiger partial charge in [-0.1, -0.05) is 12.5 Å². The van der Waals surface area contributed by atoms with Crippen LogP contribution in [0.4, 0.5) is 0 Å². The summed E-state index contributed by atoms with van der Waals surface area (Å²) in [7, 11) is 0. The Balaban J connectivity index is 0.000000980. The standard InChI is InChI=1S/C11H16N2.ClH.H2O/c1-3-7-12-10(5-1)9-11-6-2-4-8-13-11;;/h1,3,5,7,11,13H,2,4,6,8-9H2;1H;1H2. The normalized spacial score (nSPS) is 19.9. The molecule has 2 rings (SSSR count). The van der Waals surface area contributed by atoms with Crippen LogP contribution in [0.3, 0.4) is 0 Å². The molecule has 1 aromatic rings. The van der Waals surface area contributed by atoms with E-state index in [4.69, 9.17) is 0 Å². The topological polar surface area (TPSA) is 56.4 Å². The van der Waals surface area contributed by atoms with Crippen LogP contribution in [0.2, 0.25) is 0 Å². The van der Waals surface area contributed by atoms with Crippen LogP contribution in [-0.2, 0) is 6.42 Å². The van der Waals surface area contributed by atoms with Gasteiger partial charge in [-0.15, -0.1) is 12.4 Å². The Morgan fingerprint density at radius 2 is 2.20 bits per heavy atom. The smallest absolute Gasteiger partial charge is 0.0419 e. The second-order valence-electron chi connectivity index (χ2n) is 3.67. The molecule has 3 nitrogen and oxygen atoms in total. The zero-order valence-electron chi connectivity index (χ0n) is 8.78. The van der Waals surface area contributed by atoms with Gasteiger partial charge in [0.15, 0.2) is 0 Å². The molecule has 3 N–H and O–H groups in total. The van der Waals surface area contributed by atoms with Crippen molar-refractivity contribution in [3.8, 4) is 0 Å². The van der Waals surface area contributed by atoms with Crippen molar-refractivity contribution in [1.29, 1.82) is 0 Å². The highest BCUT2D eigenvalue weighted by Crippen LogP contribution is 2.10. The fraction of sp³-hybridized carbons (Fsp3) is 0.545. The summed E-state index contributed by atoms with van der Waals surface area (Å²) < 4.78 is 0. The summed E-state index contributed by atoms with van der Waals surface area (Å²) in [6, 6.07) is 6.79. The van der Waals surface area contributed by atoms with Gasteiger partial charge in [-0.2, -0.15) is 0 Å². The van der Waals surface area contributed by atoms with E-state index in [9.17, 15) is 0 Å². The predicted molar refractivity (Wildman–Crippen MR) is 64.4 cm³/mol. The van der Waals surface area contributed by atoms with Crippen LogP contribution >= 0.6 is 12.4 Å². The number of nitrogens with one attached hydrogen (secondary N) is 1. The quantitative estimate of drug-likeness (QED) is 0.834. The first-order valence-corrected chi connectivity index (χ1v) is 5.08. The molecule has 0 amide bonds. The van der Waals surface area contributed by atoms with E-state index in [1.807, 2.05) is 12.3 Å². The predicted octanol–water partition coefficient (Wildman–Crippen LogP) is 1.36. The Morgan fingerprint density at radius 1 is 1.33 bits per heavy atom. The summed E-state index contributed by atoms with van der Waals surface area (Å²) in [6.07, 6.45) is 6.96. The highest BCUT2D eigenvalue weighted by molar-refractivity contribution is 5.85. The maximum Gasteiger partial charge on any atom is 0.0419 e. The first-order chi connectivity index (χ1) is 6.45. The number of hydrogen-bond donors (Lipinski definition) is 1. The van der Waals surface area contributed by atoms with Crippen LogP contribution in [0.25, 0.3) is 0 Å². The lowest BCUT2D eigenvalue weighted by Crippen LogP contribution is -2.35. The number of hydrogen-bond acceptors (Lipinski definition) is 2. The molecule has 1 atom stereocenters. The molecule has 1 aliphatic heterocycles. The third-order valence-corrected chi connectivity index (χ3v) is 2.59. The second kappa shape index (κ2) is 7.63. The Labute approximate surface area is 97.0 Å². The van der Waals surface area contributed by atoms with E-state index in [-0.39, 0.29) is 17.9 Å². The van der Waals surface area contributed by atoms with Gasteiger partial charge in [-0.3, -0.25) is 4.98 Å². The van der Waals surface area contributed by atoms with Crippen LogP contribution in [0.1, 0.15) is 25.0 Å². The van der Waals surface area contributed by atoms with Crippen molar-refractivity contribution >= 4 is 12.4 Å². The fourth-order valence-electron chi connectivity index (χ4n) is 1.87. The molecule has 1 aliphatic rings. The van der Waals surface area contributed by atoms with E-state index in [2.05, 4.69) is 22.4 Å². The van der Waals surface area contributed by atoms with E-state index in [1.165, 1.54) is 31.5 Å². The van der Waals surface area contributed by atoms with E-state index in [0.717, 1.165) is 6.42 Å². The molecule has 0 spiro atoms. The van der Waals surface area contributed by atoms with E-state index >= 15 is 0 Å². The van der Waals surface area contributed by atoms with Crippen molar-refractivity contribution in [3.05, 3.63) is 30.1 Å². The second-order valence-corrected chi connectivity index (χ2v) is 3.67. The number of pyridine rings is 1. The van der Waals surface area contributed by atoms with Gasteiger partial charge in [0, 0.05) is 24.4 Å². The third-order valence-electron chi connectivity index (χ3n) is 2.59. The summed E-state index contributed by atoms with van der Waals surface area (Å²) in [5.74, 6) is 0. The maximum atomic E-state index is 4.33. The summed E-state index contributed by atoms with van der Waals surface area (Å²) in [4.78, 5) is 4.33. The molecule has 86 valence electrons. The average molecular weight is 231 g/mol. The molecule has 2 heterocycles. The van der Waals surface area contributed by atoms with Crippen LogP contribution in [0, 0.1) is 0 Å². The lowest BCUT2D eigenvalue weighted by molar-refractivity contribution is 0.397. The van der Waals surface area contributed by atoms with Crippen LogP contribution in [-0.4, -0.2) is 23.0 Å². The van der Waals surface area contributed by atoms with Gasteiger partial charge >= 0.3 is 0 Å². The number of piperidine rings is 1. The van der Waals surface area contributed by atoms with E-state index < -0.39 is 0 Å². The van der Waals surface area contributed by atoms with Crippen molar-refractivity contribution in [1.82, 2.24) is 10.3 Å². The molecule has 1 fully saturated rings. The van der Waals surface area contributed by atoms with Gasteiger partial charge in [-0.25, -0.2) is 0 Å². The van der Waals surface area contributed by atoms with Gasteiger partial charge in [-0.05, 0) is 31.5 Å². The molecule has 1 unspecified atom stereocenters. The first-order valence-electron chi connectivity index (χ1n) is 5.08. The molecular formula is C11H19ClN2O. The van der Waals surface area contributed by atoms with Gasteiger partial charge in [0.2, 0.25) is 0 Å². The van der Waals surface area contributed by atoms with Gasteiger partial charge < -0.3 is 10.8 Å². The molecule has 0 bridgehead atoms. The van der Waals surface area contributed by atoms with Crippen molar-refractivity contribution < 1.29 is 5.48 Å². The molecule has 1 saturated heterocycles. The minimum Gasteiger partial charge on any atom is -0.412 e. The highest BCUT2D eigenvalue weighted by Gasteiger charge is 2.12. The Morgan fingerprint density at radius 3 is 2.80 bits per heavy atom. The van der Waals surface area contributed by atoms with Crippen molar-refractivity contribution in [3.63, 3.8) is 0 Å². The van der Waals surface area contributed by atoms with E-state index in [0.29, 0.717) is 6.04 Å². The van der Waals surface area contributed by atoms with Gasteiger partial charge in [0.05, 0.1) is 0 Å². The first kappa shape index (κ1) is 14.4. The zero-order chi connectivity index (χ0) is 8.93. The van der Waals surface area contributed by atoms with Crippen molar-refractivity contribution in [2.45, 2.75) is 31.7 Å². The van der Waals surface area contributed by atoms with Crippen LogP contribution in [0.15, 0.2) is 24.4 Å². The van der Waals surface area contributed by atoms with Crippen molar-refractivity contribution in [2.24, 2.45) is 0 Å². The minimum absolute atomic E-state index is 0. The molecule has 0 aromatic carbocycles. The lowest BCUT2D eigenvalue weighted by atomic mass is 10.0. The SMILES string of the molecule is Cl.O.c1ccc(CC2CCCCN2)nc1. The lowest BCUT2D eigenvalue weighted by Gasteiger charge is -2.22. The van der Waals surface area contributed by atoms with Crippen molar-refractivity contribution in [2.75, 3.05) is 6.54 Å². The minimum atomic E-state index is 0. The molecule has 1 aromatic heterocycles. The van der Waals surface area contributed by atoms with Crippen LogP contribution < -0.4 is 5.32 Å². The number of nitrogens with zero attached hydrogens (tertiary/aromatic N) is 1. The zero-order valence-corrected chi connectivity index (χ0v) is 9.59. The molecular weight excluding hydrogens is 212 g/mol. The number of halogens is 1.